The number of rotatable bonds is 4. The third-order valence-corrected chi connectivity index (χ3v) is 2.90. The lowest BCUT2D eigenvalue weighted by molar-refractivity contribution is -0.120. The van der Waals surface area contributed by atoms with Crippen molar-refractivity contribution < 1.29 is 9.59 Å². The lowest BCUT2D eigenvalue weighted by Crippen LogP contribution is -2.34. The van der Waals surface area contributed by atoms with Gasteiger partial charge in [0.05, 0.1) is 11.9 Å². The van der Waals surface area contributed by atoms with Crippen LogP contribution in [-0.2, 0) is 9.59 Å². The van der Waals surface area contributed by atoms with Gasteiger partial charge >= 0.3 is 0 Å². The molecule has 0 aromatic heterocycles. The number of Topliss-reactive ketones (excluding diaryl/α,β-unsaturated/α-hetero) is 1. The molecule has 0 fully saturated rings. The van der Waals surface area contributed by atoms with Crippen LogP contribution in [0.4, 0.5) is 5.69 Å². The molecule has 0 radical (unpaired) electrons. The lowest BCUT2D eigenvalue weighted by atomic mass is 10.1. The van der Waals surface area contributed by atoms with Gasteiger partial charge in [0.15, 0.2) is 5.78 Å². The predicted molar refractivity (Wildman–Crippen MR) is 68.0 cm³/mol. The molecule has 16 heavy (non-hydrogen) atoms. The maximum atomic E-state index is 11.5. The van der Waals surface area contributed by atoms with Crippen LogP contribution in [0, 0.1) is 6.92 Å². The Labute approximate surface area is 104 Å². The monoisotopic (exact) mass is 283 g/mol. The van der Waals surface area contributed by atoms with Crippen LogP contribution in [0.5, 0.6) is 0 Å². The third-order valence-electron chi connectivity index (χ3n) is 2.27. The smallest absolute Gasteiger partial charge is 0.224 e. The number of carbonyl (C=O) groups is 2. The largest absolute Gasteiger partial charge is 0.305 e. The zero-order chi connectivity index (χ0) is 12.1. The van der Waals surface area contributed by atoms with Crippen molar-refractivity contribution in [3.63, 3.8) is 0 Å². The maximum absolute atomic E-state index is 11.5. The molecule has 0 bridgehead atoms. The maximum Gasteiger partial charge on any atom is 0.224 e. The molecule has 3 nitrogen and oxygen atoms in total. The van der Waals surface area contributed by atoms with E-state index in [-0.39, 0.29) is 23.6 Å². The molecule has 1 amide bonds. The highest BCUT2D eigenvalue weighted by Gasteiger charge is 2.16. The fraction of sp³-hybridized carbons (Fsp3) is 0.333. The zero-order valence-corrected chi connectivity index (χ0v) is 11.0. The van der Waals surface area contributed by atoms with Crippen LogP contribution < -0.4 is 4.90 Å². The van der Waals surface area contributed by atoms with Crippen LogP contribution in [0.15, 0.2) is 24.3 Å². The highest BCUT2D eigenvalue weighted by molar-refractivity contribution is 9.09. The minimum absolute atomic E-state index is 0.0153. The Hall–Kier alpha value is -1.16. The Balaban J connectivity index is 2.99. The molecule has 0 aliphatic rings. The van der Waals surface area contributed by atoms with Gasteiger partial charge in [0.2, 0.25) is 5.91 Å². The number of carbonyl (C=O) groups excluding carboxylic acids is 2. The van der Waals surface area contributed by atoms with Crippen LogP contribution in [0.2, 0.25) is 0 Å². The summed E-state index contributed by atoms with van der Waals surface area (Å²) in [4.78, 5) is 24.4. The van der Waals surface area contributed by atoms with Crippen molar-refractivity contribution in [1.82, 2.24) is 0 Å². The van der Waals surface area contributed by atoms with Gasteiger partial charge in [0.1, 0.15) is 0 Å². The molecule has 0 atom stereocenters. The van der Waals surface area contributed by atoms with Gasteiger partial charge in [0, 0.05) is 12.6 Å². The number of benzene rings is 1. The number of alkyl halides is 1. The number of ketones is 1. The van der Waals surface area contributed by atoms with E-state index < -0.39 is 0 Å². The van der Waals surface area contributed by atoms with E-state index in [2.05, 4.69) is 15.9 Å². The molecule has 1 aromatic carbocycles. The van der Waals surface area contributed by atoms with E-state index in [1.807, 2.05) is 31.2 Å². The van der Waals surface area contributed by atoms with Crippen molar-refractivity contribution in [3.8, 4) is 0 Å². The summed E-state index contributed by atoms with van der Waals surface area (Å²) >= 11 is 3.10. The molecule has 0 unspecified atom stereocenters. The predicted octanol–water partition coefficient (Wildman–Crippen LogP) is 2.31. The molecule has 0 N–H and O–H groups in total. The second-order valence-corrected chi connectivity index (χ2v) is 4.12. The van der Waals surface area contributed by atoms with Gasteiger partial charge in [-0.3, -0.25) is 9.59 Å². The summed E-state index contributed by atoms with van der Waals surface area (Å²) in [6, 6.07) is 7.53. The number of hydrogen-bond donors (Lipinski definition) is 0. The van der Waals surface area contributed by atoms with Gasteiger partial charge in [-0.25, -0.2) is 0 Å². The van der Waals surface area contributed by atoms with Gasteiger partial charge in [-0.15, -0.1) is 0 Å². The van der Waals surface area contributed by atoms with E-state index >= 15 is 0 Å². The first-order valence-electron chi connectivity index (χ1n) is 4.97. The number of amides is 1. The quantitative estimate of drug-likeness (QED) is 0.796. The Morgan fingerprint density at radius 3 is 2.44 bits per heavy atom. The molecular weight excluding hydrogens is 270 g/mol. The molecule has 0 saturated carbocycles. The first-order valence-corrected chi connectivity index (χ1v) is 6.09. The minimum Gasteiger partial charge on any atom is -0.305 e. The summed E-state index contributed by atoms with van der Waals surface area (Å²) in [7, 11) is 0. The molecule has 0 saturated heterocycles. The van der Waals surface area contributed by atoms with E-state index in [4.69, 9.17) is 0 Å². The van der Waals surface area contributed by atoms with Gasteiger partial charge in [-0.1, -0.05) is 34.1 Å². The van der Waals surface area contributed by atoms with Crippen molar-refractivity contribution in [1.29, 1.82) is 0 Å². The summed E-state index contributed by atoms with van der Waals surface area (Å²) in [5.74, 6) is -0.137. The molecule has 1 aromatic rings. The van der Waals surface area contributed by atoms with E-state index in [1.165, 1.54) is 11.8 Å². The summed E-state index contributed by atoms with van der Waals surface area (Å²) in [5.41, 5.74) is 1.78. The number of nitrogens with zero attached hydrogens (tertiary/aromatic N) is 1. The summed E-state index contributed by atoms with van der Waals surface area (Å²) in [6.45, 7) is 3.50. The van der Waals surface area contributed by atoms with Crippen molar-refractivity contribution in [2.45, 2.75) is 13.8 Å². The number of hydrogen-bond acceptors (Lipinski definition) is 2. The van der Waals surface area contributed by atoms with Crippen molar-refractivity contribution in [2.24, 2.45) is 0 Å². The zero-order valence-electron chi connectivity index (χ0n) is 9.37. The van der Waals surface area contributed by atoms with Crippen molar-refractivity contribution in [3.05, 3.63) is 29.8 Å². The van der Waals surface area contributed by atoms with Crippen LogP contribution in [0.3, 0.4) is 0 Å². The average Bonchev–Trinajstić information content (AvgIpc) is 2.26. The van der Waals surface area contributed by atoms with Crippen LogP contribution >= 0.6 is 15.9 Å². The highest BCUT2D eigenvalue weighted by atomic mass is 79.9. The molecule has 0 heterocycles. The van der Waals surface area contributed by atoms with Gasteiger partial charge < -0.3 is 4.90 Å². The average molecular weight is 284 g/mol. The molecular formula is C12H14BrNO2. The first-order chi connectivity index (χ1) is 7.56. The van der Waals surface area contributed by atoms with Crippen molar-refractivity contribution in [2.75, 3.05) is 16.8 Å². The molecule has 0 spiro atoms. The van der Waals surface area contributed by atoms with Gasteiger partial charge in [-0.05, 0) is 18.6 Å². The Morgan fingerprint density at radius 1 is 1.31 bits per heavy atom. The topological polar surface area (TPSA) is 37.4 Å². The second kappa shape index (κ2) is 5.80. The molecule has 4 heteroatoms. The number of anilines is 1. The molecule has 0 aliphatic heterocycles. The normalized spacial score (nSPS) is 9.94. The van der Waals surface area contributed by atoms with E-state index in [9.17, 15) is 9.59 Å². The van der Waals surface area contributed by atoms with E-state index in [0.717, 1.165) is 11.3 Å². The van der Waals surface area contributed by atoms with Crippen molar-refractivity contribution >= 4 is 33.3 Å². The molecule has 1 rings (SSSR count). The minimum atomic E-state index is -0.122. The second-order valence-electron chi connectivity index (χ2n) is 3.56. The fourth-order valence-corrected chi connectivity index (χ4v) is 1.63. The Bertz CT molecular complexity index is 404. The van der Waals surface area contributed by atoms with E-state index in [0.29, 0.717) is 0 Å². The molecule has 86 valence electrons. The standard InChI is InChI=1S/C12H14BrNO2/c1-9-5-3-4-6-12(9)14(10(2)15)8-11(16)7-13/h3-6H,7-8H2,1-2H3. The van der Waals surface area contributed by atoms with Gasteiger partial charge in [-0.2, -0.15) is 0 Å². The number of aryl methyl sites for hydroxylation is 1. The summed E-state index contributed by atoms with van der Waals surface area (Å²) in [5, 5.41) is 0.267. The van der Waals surface area contributed by atoms with Crippen LogP contribution in [-0.4, -0.2) is 23.6 Å². The van der Waals surface area contributed by atoms with Crippen LogP contribution in [0.25, 0.3) is 0 Å². The Morgan fingerprint density at radius 2 is 1.94 bits per heavy atom. The first kappa shape index (κ1) is 12.9. The third kappa shape index (κ3) is 3.17. The summed E-state index contributed by atoms with van der Waals surface area (Å²) < 4.78 is 0. The highest BCUT2D eigenvalue weighted by Crippen LogP contribution is 2.19. The van der Waals surface area contributed by atoms with E-state index in [1.54, 1.807) is 0 Å². The SMILES string of the molecule is CC(=O)N(CC(=O)CBr)c1ccccc1C. The lowest BCUT2D eigenvalue weighted by Gasteiger charge is -2.21. The fourth-order valence-electron chi connectivity index (χ4n) is 1.45. The molecule has 0 aliphatic carbocycles. The number of para-hydroxylation sites is 1. The summed E-state index contributed by atoms with van der Waals surface area (Å²) in [6.07, 6.45) is 0. The Kier molecular flexibility index (Phi) is 4.68. The number of halogens is 1. The van der Waals surface area contributed by atoms with Gasteiger partial charge in [0.25, 0.3) is 0 Å². The van der Waals surface area contributed by atoms with Crippen LogP contribution in [0.1, 0.15) is 12.5 Å².